The van der Waals surface area contributed by atoms with Gasteiger partial charge in [-0.05, 0) is 68.1 Å². The minimum atomic E-state index is -0.143. The van der Waals surface area contributed by atoms with Gasteiger partial charge in [0.2, 0.25) is 0 Å². The number of aromatic hydroxyl groups is 1. The van der Waals surface area contributed by atoms with Crippen molar-refractivity contribution in [3.05, 3.63) is 65.1 Å². The van der Waals surface area contributed by atoms with Crippen LogP contribution in [0.4, 0.5) is 4.39 Å². The molecule has 1 aliphatic carbocycles. The van der Waals surface area contributed by atoms with Crippen LogP contribution in [0.15, 0.2) is 42.5 Å². The van der Waals surface area contributed by atoms with Gasteiger partial charge in [-0.1, -0.05) is 24.3 Å². The number of piperidine rings is 1. The lowest BCUT2D eigenvalue weighted by molar-refractivity contribution is 0.0985. The molecule has 2 aliphatic rings. The van der Waals surface area contributed by atoms with Crippen molar-refractivity contribution < 1.29 is 9.50 Å². The summed E-state index contributed by atoms with van der Waals surface area (Å²) in [4.78, 5) is 2.41. The van der Waals surface area contributed by atoms with E-state index >= 15 is 0 Å². The molecule has 0 saturated carbocycles. The third-order valence-electron chi connectivity index (χ3n) is 7.01. The second kappa shape index (κ2) is 5.83. The number of likely N-dealkylation sites (tertiary alicyclic amines) is 1. The monoisotopic (exact) mass is 364 g/mol. The fourth-order valence-electron chi connectivity index (χ4n) is 5.62. The Morgan fingerprint density at radius 2 is 1.96 bits per heavy atom. The Balaban J connectivity index is 1.73. The molecule has 2 aromatic carbocycles. The van der Waals surface area contributed by atoms with E-state index in [0.717, 1.165) is 43.3 Å². The number of aryl methyl sites for hydroxylation is 1. The molecule has 27 heavy (non-hydrogen) atoms. The SMILES string of the molecule is CN1CCC2(c3cccc(O)c3)Cc3c(c4cccc(F)c4n3C)CC2C1. The van der Waals surface area contributed by atoms with Crippen LogP contribution in [-0.2, 0) is 25.3 Å². The molecule has 1 fully saturated rings. The van der Waals surface area contributed by atoms with Crippen molar-refractivity contribution in [2.75, 3.05) is 20.1 Å². The van der Waals surface area contributed by atoms with E-state index in [-0.39, 0.29) is 11.2 Å². The highest BCUT2D eigenvalue weighted by Crippen LogP contribution is 2.50. The van der Waals surface area contributed by atoms with Crippen molar-refractivity contribution in [3.63, 3.8) is 0 Å². The number of hydrogen-bond acceptors (Lipinski definition) is 2. The first-order valence-electron chi connectivity index (χ1n) is 9.72. The Morgan fingerprint density at radius 1 is 1.15 bits per heavy atom. The molecule has 0 radical (unpaired) electrons. The first-order chi connectivity index (χ1) is 13.0. The lowest BCUT2D eigenvalue weighted by Gasteiger charge is -2.50. The summed E-state index contributed by atoms with van der Waals surface area (Å²) in [6.45, 7) is 2.07. The van der Waals surface area contributed by atoms with E-state index in [2.05, 4.69) is 28.6 Å². The molecule has 0 amide bonds. The Morgan fingerprint density at radius 3 is 2.78 bits per heavy atom. The average Bonchev–Trinajstić information content (AvgIpc) is 2.93. The first-order valence-corrected chi connectivity index (χ1v) is 9.72. The van der Waals surface area contributed by atoms with Crippen LogP contribution in [0.25, 0.3) is 10.9 Å². The summed E-state index contributed by atoms with van der Waals surface area (Å²) in [7, 11) is 4.18. The van der Waals surface area contributed by atoms with Gasteiger partial charge in [0.1, 0.15) is 11.6 Å². The number of phenolic OH excluding ortho intramolecular Hbond substituents is 1. The second-order valence-corrected chi connectivity index (χ2v) is 8.42. The molecule has 0 bridgehead atoms. The number of halogens is 1. The molecule has 2 atom stereocenters. The fourth-order valence-corrected chi connectivity index (χ4v) is 5.62. The Bertz CT molecular complexity index is 1040. The van der Waals surface area contributed by atoms with Gasteiger partial charge >= 0.3 is 0 Å². The molecule has 5 rings (SSSR count). The zero-order chi connectivity index (χ0) is 18.8. The summed E-state index contributed by atoms with van der Waals surface area (Å²) >= 11 is 0. The molecule has 4 heteroatoms. The number of fused-ring (bicyclic) bond motifs is 4. The summed E-state index contributed by atoms with van der Waals surface area (Å²) < 4.78 is 16.6. The number of phenols is 1. The standard InChI is InChI=1S/C23H25FN2O/c1-25-10-9-23(15-5-3-6-17(27)11-15)13-21-19(12-16(23)14-25)18-7-4-8-20(24)22(18)26(21)2/h3-8,11,16,27H,9-10,12-14H2,1-2H3. The third-order valence-corrected chi connectivity index (χ3v) is 7.01. The van der Waals surface area contributed by atoms with Crippen molar-refractivity contribution in [1.29, 1.82) is 0 Å². The summed E-state index contributed by atoms with van der Waals surface area (Å²) in [5.74, 6) is 0.642. The third kappa shape index (κ3) is 2.36. The van der Waals surface area contributed by atoms with Crippen LogP contribution in [0.3, 0.4) is 0 Å². The van der Waals surface area contributed by atoms with Crippen LogP contribution in [0.2, 0.25) is 0 Å². The van der Waals surface area contributed by atoms with E-state index in [1.165, 1.54) is 16.8 Å². The van der Waals surface area contributed by atoms with Gasteiger partial charge in [0.25, 0.3) is 0 Å². The van der Waals surface area contributed by atoms with Crippen LogP contribution >= 0.6 is 0 Å². The Hall–Kier alpha value is -2.33. The molecule has 3 nitrogen and oxygen atoms in total. The van der Waals surface area contributed by atoms with Gasteiger partial charge in [-0.25, -0.2) is 4.39 Å². The first kappa shape index (κ1) is 16.8. The van der Waals surface area contributed by atoms with Gasteiger partial charge in [0, 0.05) is 30.1 Å². The minimum Gasteiger partial charge on any atom is -0.508 e. The number of benzene rings is 2. The van der Waals surface area contributed by atoms with E-state index in [0.29, 0.717) is 11.7 Å². The highest BCUT2D eigenvalue weighted by molar-refractivity contribution is 5.86. The van der Waals surface area contributed by atoms with Gasteiger partial charge in [-0.15, -0.1) is 0 Å². The average molecular weight is 364 g/mol. The number of para-hydroxylation sites is 1. The predicted molar refractivity (Wildman–Crippen MR) is 106 cm³/mol. The highest BCUT2D eigenvalue weighted by atomic mass is 19.1. The predicted octanol–water partition coefficient (Wildman–Crippen LogP) is 4.01. The molecule has 0 spiro atoms. The molecular formula is C23H25FN2O. The van der Waals surface area contributed by atoms with E-state index in [9.17, 15) is 9.50 Å². The molecule has 1 aromatic heterocycles. The highest BCUT2D eigenvalue weighted by Gasteiger charge is 2.48. The number of aromatic nitrogens is 1. The van der Waals surface area contributed by atoms with Crippen molar-refractivity contribution in [2.45, 2.75) is 24.7 Å². The lowest BCUT2D eigenvalue weighted by atomic mass is 9.59. The molecule has 140 valence electrons. The van der Waals surface area contributed by atoms with Crippen molar-refractivity contribution in [1.82, 2.24) is 9.47 Å². The summed E-state index contributed by atoms with van der Waals surface area (Å²) in [5, 5.41) is 11.2. The van der Waals surface area contributed by atoms with E-state index < -0.39 is 0 Å². The summed E-state index contributed by atoms with van der Waals surface area (Å²) in [6, 6.07) is 13.2. The van der Waals surface area contributed by atoms with Crippen LogP contribution in [0, 0.1) is 11.7 Å². The van der Waals surface area contributed by atoms with Crippen LogP contribution in [0.1, 0.15) is 23.2 Å². The summed E-state index contributed by atoms with van der Waals surface area (Å²) in [5.41, 5.74) is 4.50. The maximum atomic E-state index is 14.6. The van der Waals surface area contributed by atoms with E-state index in [4.69, 9.17) is 0 Å². The molecular weight excluding hydrogens is 339 g/mol. The van der Waals surface area contributed by atoms with Crippen LogP contribution in [-0.4, -0.2) is 34.7 Å². The molecule has 1 aliphatic heterocycles. The van der Waals surface area contributed by atoms with Gasteiger partial charge in [-0.3, -0.25) is 0 Å². The smallest absolute Gasteiger partial charge is 0.147 e. The van der Waals surface area contributed by atoms with E-state index in [1.54, 1.807) is 12.1 Å². The van der Waals surface area contributed by atoms with Crippen molar-refractivity contribution >= 4 is 10.9 Å². The maximum Gasteiger partial charge on any atom is 0.147 e. The topological polar surface area (TPSA) is 28.4 Å². The van der Waals surface area contributed by atoms with Gasteiger partial charge in [0.05, 0.1) is 5.52 Å². The van der Waals surface area contributed by atoms with Gasteiger partial charge in [-0.2, -0.15) is 0 Å². The minimum absolute atomic E-state index is 0.00311. The quantitative estimate of drug-likeness (QED) is 0.707. The zero-order valence-electron chi connectivity index (χ0n) is 15.9. The van der Waals surface area contributed by atoms with E-state index in [1.807, 2.05) is 25.2 Å². The van der Waals surface area contributed by atoms with Crippen molar-refractivity contribution in [3.8, 4) is 5.75 Å². The van der Waals surface area contributed by atoms with Gasteiger partial charge in [0.15, 0.2) is 0 Å². The zero-order valence-corrected chi connectivity index (χ0v) is 15.9. The molecule has 1 N–H and O–H groups in total. The second-order valence-electron chi connectivity index (χ2n) is 8.42. The molecule has 2 unspecified atom stereocenters. The van der Waals surface area contributed by atoms with Gasteiger partial charge < -0.3 is 14.6 Å². The summed E-state index contributed by atoms with van der Waals surface area (Å²) in [6.07, 6.45) is 2.91. The fraction of sp³-hybridized carbons (Fsp3) is 0.391. The Labute approximate surface area is 159 Å². The molecule has 1 saturated heterocycles. The number of rotatable bonds is 1. The Kier molecular flexibility index (Phi) is 3.63. The van der Waals surface area contributed by atoms with Crippen molar-refractivity contribution in [2.24, 2.45) is 13.0 Å². The lowest BCUT2D eigenvalue weighted by Crippen LogP contribution is -2.52. The largest absolute Gasteiger partial charge is 0.508 e. The molecule has 2 heterocycles. The van der Waals surface area contributed by atoms with Crippen LogP contribution < -0.4 is 0 Å². The normalized spacial score (nSPS) is 25.4. The maximum absolute atomic E-state index is 14.6. The molecule has 3 aromatic rings. The number of hydrogen-bond donors (Lipinski definition) is 1. The number of nitrogens with zero attached hydrogens (tertiary/aromatic N) is 2. The van der Waals surface area contributed by atoms with Crippen LogP contribution in [0.5, 0.6) is 5.75 Å².